The van der Waals surface area contributed by atoms with Gasteiger partial charge in [-0.05, 0) is 24.0 Å². The SMILES string of the molecule is [C-]#[N+]c1ccc(CC(NC(=O)CCP(CCC(=O)O)CCC(=O)O)C(=O)O)cc1. The summed E-state index contributed by atoms with van der Waals surface area (Å²) in [7, 11) is -0.950. The van der Waals surface area contributed by atoms with Crippen LogP contribution in [-0.2, 0) is 25.6 Å². The second-order valence-electron chi connectivity index (χ2n) is 6.32. The van der Waals surface area contributed by atoms with Crippen molar-refractivity contribution in [3.63, 3.8) is 0 Å². The molecule has 10 heteroatoms. The van der Waals surface area contributed by atoms with Gasteiger partial charge in [0, 0.05) is 25.7 Å². The number of nitrogens with zero attached hydrogens (tertiary/aromatic N) is 1. The Bertz CT molecular complexity index is 756. The van der Waals surface area contributed by atoms with Crippen molar-refractivity contribution in [3.05, 3.63) is 41.2 Å². The van der Waals surface area contributed by atoms with Gasteiger partial charge in [-0.3, -0.25) is 14.4 Å². The minimum absolute atomic E-state index is 0.00534. The van der Waals surface area contributed by atoms with Crippen LogP contribution in [0.3, 0.4) is 0 Å². The maximum Gasteiger partial charge on any atom is 0.326 e. The minimum Gasteiger partial charge on any atom is -0.481 e. The van der Waals surface area contributed by atoms with Crippen molar-refractivity contribution < 1.29 is 34.5 Å². The maximum atomic E-state index is 12.2. The first-order chi connectivity index (χ1) is 13.7. The number of rotatable bonds is 13. The first kappa shape index (κ1) is 24.1. The van der Waals surface area contributed by atoms with Crippen LogP contribution < -0.4 is 5.32 Å². The summed E-state index contributed by atoms with van der Waals surface area (Å²) >= 11 is 0. The molecule has 9 nitrogen and oxygen atoms in total. The zero-order chi connectivity index (χ0) is 21.8. The summed E-state index contributed by atoms with van der Waals surface area (Å²) in [6, 6.07) is 5.27. The third kappa shape index (κ3) is 10.2. The Labute approximate surface area is 169 Å². The largest absolute Gasteiger partial charge is 0.481 e. The smallest absolute Gasteiger partial charge is 0.326 e. The molecule has 0 aromatic heterocycles. The van der Waals surface area contributed by atoms with Crippen molar-refractivity contribution in [2.24, 2.45) is 0 Å². The van der Waals surface area contributed by atoms with Crippen molar-refractivity contribution in [1.82, 2.24) is 5.32 Å². The molecule has 1 aromatic carbocycles. The highest BCUT2D eigenvalue weighted by Gasteiger charge is 2.21. The van der Waals surface area contributed by atoms with E-state index in [2.05, 4.69) is 10.2 Å². The predicted molar refractivity (Wildman–Crippen MR) is 107 cm³/mol. The van der Waals surface area contributed by atoms with Gasteiger partial charge in [-0.1, -0.05) is 24.3 Å². The van der Waals surface area contributed by atoms with E-state index in [9.17, 15) is 24.3 Å². The van der Waals surface area contributed by atoms with Gasteiger partial charge >= 0.3 is 17.9 Å². The van der Waals surface area contributed by atoms with Gasteiger partial charge in [-0.25, -0.2) is 9.64 Å². The van der Waals surface area contributed by atoms with Crippen molar-refractivity contribution in [3.8, 4) is 0 Å². The lowest BCUT2D eigenvalue weighted by molar-refractivity contribution is -0.141. The summed E-state index contributed by atoms with van der Waals surface area (Å²) in [5.41, 5.74) is 1.09. The Balaban J connectivity index is 2.61. The Hall–Kier alpha value is -2.98. The van der Waals surface area contributed by atoms with Crippen LogP contribution in [0.1, 0.15) is 24.8 Å². The fourth-order valence-corrected chi connectivity index (χ4v) is 4.72. The summed E-state index contributed by atoms with van der Waals surface area (Å²) in [4.78, 5) is 48.4. The third-order valence-corrected chi connectivity index (χ3v) is 6.65. The van der Waals surface area contributed by atoms with Crippen molar-refractivity contribution in [1.29, 1.82) is 0 Å². The average Bonchev–Trinajstić information content (AvgIpc) is 2.67. The summed E-state index contributed by atoms with van der Waals surface area (Å²) in [5, 5.41) is 29.4. The maximum absolute atomic E-state index is 12.2. The van der Waals surface area contributed by atoms with E-state index in [0.717, 1.165) is 0 Å². The zero-order valence-electron chi connectivity index (χ0n) is 15.7. The molecule has 0 saturated carbocycles. The molecule has 0 bridgehead atoms. The van der Waals surface area contributed by atoms with Crippen LogP contribution in [0, 0.1) is 6.57 Å². The Kier molecular flexibility index (Phi) is 10.3. The molecular weight excluding hydrogens is 399 g/mol. The molecule has 0 aliphatic rings. The number of benzene rings is 1. The van der Waals surface area contributed by atoms with Gasteiger partial charge in [0.25, 0.3) is 0 Å². The zero-order valence-corrected chi connectivity index (χ0v) is 16.6. The van der Waals surface area contributed by atoms with Gasteiger partial charge in [-0.15, -0.1) is 7.92 Å². The van der Waals surface area contributed by atoms with Crippen LogP contribution in [-0.4, -0.2) is 63.7 Å². The summed E-state index contributed by atoms with van der Waals surface area (Å²) < 4.78 is 0. The molecule has 0 spiro atoms. The predicted octanol–water partition coefficient (Wildman–Crippen LogP) is 2.17. The van der Waals surface area contributed by atoms with E-state index < -0.39 is 37.8 Å². The molecule has 156 valence electrons. The molecule has 1 unspecified atom stereocenters. The van der Waals surface area contributed by atoms with Crippen LogP contribution in [0.15, 0.2) is 24.3 Å². The van der Waals surface area contributed by atoms with E-state index in [-0.39, 0.29) is 25.7 Å². The van der Waals surface area contributed by atoms with Gasteiger partial charge in [0.2, 0.25) is 5.91 Å². The molecular formula is C19H23N2O7P. The monoisotopic (exact) mass is 422 g/mol. The molecule has 1 rings (SSSR count). The molecule has 1 amide bonds. The fraction of sp³-hybridized carbons (Fsp3) is 0.421. The third-order valence-electron chi connectivity index (χ3n) is 4.08. The van der Waals surface area contributed by atoms with Gasteiger partial charge in [-0.2, -0.15) is 0 Å². The molecule has 4 N–H and O–H groups in total. The molecule has 0 aliphatic carbocycles. The van der Waals surface area contributed by atoms with E-state index in [1.807, 2.05) is 0 Å². The van der Waals surface area contributed by atoms with E-state index >= 15 is 0 Å². The van der Waals surface area contributed by atoms with E-state index in [1.54, 1.807) is 24.3 Å². The van der Waals surface area contributed by atoms with E-state index in [1.165, 1.54) is 0 Å². The van der Waals surface area contributed by atoms with Crippen molar-refractivity contribution in [2.75, 3.05) is 18.5 Å². The number of amides is 1. The number of hydrogen-bond donors (Lipinski definition) is 4. The first-order valence-electron chi connectivity index (χ1n) is 8.85. The fourth-order valence-electron chi connectivity index (χ4n) is 2.51. The Morgan fingerprint density at radius 2 is 1.45 bits per heavy atom. The van der Waals surface area contributed by atoms with E-state index in [4.69, 9.17) is 16.8 Å². The molecule has 0 radical (unpaired) electrons. The summed E-state index contributed by atoms with van der Waals surface area (Å²) in [5.74, 6) is -3.63. The van der Waals surface area contributed by atoms with Crippen molar-refractivity contribution >= 4 is 37.4 Å². The van der Waals surface area contributed by atoms with Crippen LogP contribution in [0.25, 0.3) is 4.85 Å². The number of carbonyl (C=O) groups is 4. The summed E-state index contributed by atoms with van der Waals surface area (Å²) in [6.45, 7) is 6.91. The molecule has 0 saturated heterocycles. The van der Waals surface area contributed by atoms with Gasteiger partial charge in [0.1, 0.15) is 6.04 Å². The van der Waals surface area contributed by atoms with Crippen LogP contribution in [0.5, 0.6) is 0 Å². The molecule has 29 heavy (non-hydrogen) atoms. The van der Waals surface area contributed by atoms with Gasteiger partial charge in [0.15, 0.2) is 5.69 Å². The van der Waals surface area contributed by atoms with Crippen LogP contribution >= 0.6 is 7.92 Å². The first-order valence-corrected chi connectivity index (χ1v) is 10.8. The highest BCUT2D eigenvalue weighted by atomic mass is 31.1. The molecule has 1 atom stereocenters. The lowest BCUT2D eigenvalue weighted by Gasteiger charge is -2.18. The number of nitrogens with one attached hydrogen (secondary N) is 1. The van der Waals surface area contributed by atoms with Crippen LogP contribution in [0.2, 0.25) is 0 Å². The van der Waals surface area contributed by atoms with E-state index in [0.29, 0.717) is 29.7 Å². The molecule has 0 heterocycles. The highest BCUT2D eigenvalue weighted by molar-refractivity contribution is 7.57. The second-order valence-corrected chi connectivity index (χ2v) is 9.00. The topological polar surface area (TPSA) is 145 Å². The minimum atomic E-state index is -1.19. The number of carboxylic acid groups (broad SMARTS) is 3. The molecule has 0 aliphatic heterocycles. The second kappa shape index (κ2) is 12.5. The highest BCUT2D eigenvalue weighted by Crippen LogP contribution is 2.37. The Morgan fingerprint density at radius 1 is 0.931 bits per heavy atom. The van der Waals surface area contributed by atoms with Gasteiger partial charge in [0.05, 0.1) is 6.57 Å². The molecule has 1 aromatic rings. The quantitative estimate of drug-likeness (QED) is 0.281. The van der Waals surface area contributed by atoms with Gasteiger partial charge < -0.3 is 20.6 Å². The lowest BCUT2D eigenvalue weighted by atomic mass is 10.1. The number of carboxylic acids is 3. The standard InChI is InChI=1S/C19H23N2O7P/c1-20-14-4-2-13(3-5-14)12-15(19(27)28)21-16(22)6-9-29(10-7-17(23)24)11-8-18(25)26/h2-5,15H,6-12H2,(H,21,22)(H,23,24)(H,25,26)(H,27,28). The number of carbonyl (C=O) groups excluding carboxylic acids is 1. The number of hydrogen-bond acceptors (Lipinski definition) is 4. The normalized spacial score (nSPS) is 11.4. The van der Waals surface area contributed by atoms with Crippen molar-refractivity contribution in [2.45, 2.75) is 31.7 Å². The lowest BCUT2D eigenvalue weighted by Crippen LogP contribution is -2.42. The van der Waals surface area contributed by atoms with Crippen LogP contribution in [0.4, 0.5) is 5.69 Å². The summed E-state index contributed by atoms with van der Waals surface area (Å²) in [6.07, 6.45) is 0.865. The Morgan fingerprint density at radius 3 is 1.90 bits per heavy atom. The molecule has 0 fully saturated rings. The number of aliphatic carboxylic acids is 3. The average molecular weight is 422 g/mol.